The van der Waals surface area contributed by atoms with Crippen LogP contribution in [0.3, 0.4) is 0 Å². The molecule has 0 bridgehead atoms. The van der Waals surface area contributed by atoms with Crippen molar-refractivity contribution in [3.05, 3.63) is 39.1 Å². The van der Waals surface area contributed by atoms with E-state index >= 15 is 0 Å². The molecule has 0 unspecified atom stereocenters. The molecule has 6 nitrogen and oxygen atoms in total. The maximum Gasteiger partial charge on any atom is 0.236 e. The fraction of sp³-hybridized carbons (Fsp3) is 0.429. The van der Waals surface area contributed by atoms with Crippen LogP contribution in [0.25, 0.3) is 0 Å². The van der Waals surface area contributed by atoms with Crippen LogP contribution in [0.15, 0.2) is 12.1 Å². The molecule has 1 amide bonds. The smallest absolute Gasteiger partial charge is 0.236 e. The number of rotatable bonds is 2. The lowest BCUT2D eigenvalue weighted by Gasteiger charge is -2.34. The number of hydrogen-bond acceptors (Lipinski definition) is 4. The van der Waals surface area contributed by atoms with E-state index in [0.29, 0.717) is 29.0 Å². The number of carbonyl (C=O) groups is 1. The predicted molar refractivity (Wildman–Crippen MR) is 82.8 cm³/mol. The van der Waals surface area contributed by atoms with Crippen molar-refractivity contribution in [1.29, 1.82) is 0 Å². The highest BCUT2D eigenvalue weighted by atomic mass is 35.5. The summed E-state index contributed by atoms with van der Waals surface area (Å²) in [7, 11) is 0. The lowest BCUT2D eigenvalue weighted by Crippen LogP contribution is -2.46. The lowest BCUT2D eigenvalue weighted by molar-refractivity contribution is -0.137. The van der Waals surface area contributed by atoms with Gasteiger partial charge in [0, 0.05) is 13.1 Å². The van der Waals surface area contributed by atoms with Crippen LogP contribution in [0, 0.1) is 0 Å². The largest absolute Gasteiger partial charge is 0.337 e. The SMILES string of the molecule is CC(C)(C(=O)N1CCc2ccc(Cl)c(Cl)c2C1)c1nn[nH]n1. The number of carbonyl (C=O) groups excluding carboxylic acids is 1. The molecule has 0 saturated heterocycles. The fourth-order valence-corrected chi connectivity index (χ4v) is 3.08. The summed E-state index contributed by atoms with van der Waals surface area (Å²) in [5.74, 6) is 0.316. The Morgan fingerprint density at radius 3 is 2.82 bits per heavy atom. The molecule has 8 heteroatoms. The monoisotopic (exact) mass is 339 g/mol. The minimum absolute atomic E-state index is 0.0596. The molecule has 2 aromatic rings. The van der Waals surface area contributed by atoms with Crippen molar-refractivity contribution in [1.82, 2.24) is 25.5 Å². The Bertz CT molecular complexity index is 714. The minimum atomic E-state index is -0.852. The Balaban J connectivity index is 1.88. The van der Waals surface area contributed by atoms with Crippen molar-refractivity contribution in [2.24, 2.45) is 0 Å². The molecule has 1 aromatic carbocycles. The van der Waals surface area contributed by atoms with Crippen LogP contribution in [-0.2, 0) is 23.2 Å². The molecule has 0 aliphatic carbocycles. The standard InChI is InChI=1S/C14H15Cl2N5O/c1-14(2,12-17-19-20-18-12)13(22)21-6-5-8-3-4-10(15)11(16)9(8)7-21/h3-4H,5-7H2,1-2H3,(H,17,18,19,20). The van der Waals surface area contributed by atoms with Gasteiger partial charge < -0.3 is 4.90 Å². The number of aromatic nitrogens is 4. The zero-order valence-electron chi connectivity index (χ0n) is 12.2. The van der Waals surface area contributed by atoms with Crippen LogP contribution in [0.4, 0.5) is 0 Å². The van der Waals surface area contributed by atoms with Gasteiger partial charge in [0.15, 0.2) is 5.82 Å². The van der Waals surface area contributed by atoms with Gasteiger partial charge in [0.2, 0.25) is 5.91 Å². The summed E-state index contributed by atoms with van der Waals surface area (Å²) in [6.07, 6.45) is 0.750. The van der Waals surface area contributed by atoms with Crippen LogP contribution in [0.1, 0.15) is 30.8 Å². The summed E-state index contributed by atoms with van der Waals surface area (Å²) in [4.78, 5) is 14.6. The zero-order chi connectivity index (χ0) is 15.9. The summed E-state index contributed by atoms with van der Waals surface area (Å²) in [6, 6.07) is 3.76. The molecule has 0 fully saturated rings. The van der Waals surface area contributed by atoms with E-state index in [1.807, 2.05) is 6.07 Å². The Morgan fingerprint density at radius 1 is 1.36 bits per heavy atom. The van der Waals surface area contributed by atoms with Crippen molar-refractivity contribution in [3.63, 3.8) is 0 Å². The van der Waals surface area contributed by atoms with Crippen LogP contribution < -0.4 is 0 Å². The van der Waals surface area contributed by atoms with Gasteiger partial charge in [-0.15, -0.1) is 10.2 Å². The maximum atomic E-state index is 12.9. The van der Waals surface area contributed by atoms with E-state index in [4.69, 9.17) is 23.2 Å². The third kappa shape index (κ3) is 2.46. The molecule has 0 saturated carbocycles. The van der Waals surface area contributed by atoms with Gasteiger partial charge in [-0.2, -0.15) is 5.21 Å². The fourth-order valence-electron chi connectivity index (χ4n) is 2.65. The molecular formula is C14H15Cl2N5O. The number of benzene rings is 1. The van der Waals surface area contributed by atoms with E-state index in [1.54, 1.807) is 24.8 Å². The first-order chi connectivity index (χ1) is 10.4. The average Bonchev–Trinajstić information content (AvgIpc) is 3.05. The topological polar surface area (TPSA) is 74.8 Å². The predicted octanol–water partition coefficient (Wildman–Crippen LogP) is 2.37. The number of tetrazole rings is 1. The molecule has 0 spiro atoms. The third-order valence-electron chi connectivity index (χ3n) is 4.02. The molecule has 1 N–H and O–H groups in total. The van der Waals surface area contributed by atoms with Gasteiger partial charge in [-0.25, -0.2) is 0 Å². The number of aromatic amines is 1. The highest BCUT2D eigenvalue weighted by Crippen LogP contribution is 2.33. The number of fused-ring (bicyclic) bond motifs is 1. The van der Waals surface area contributed by atoms with Gasteiger partial charge in [0.05, 0.1) is 10.0 Å². The highest BCUT2D eigenvalue weighted by molar-refractivity contribution is 6.42. The molecule has 0 atom stereocenters. The van der Waals surface area contributed by atoms with E-state index in [2.05, 4.69) is 20.6 Å². The van der Waals surface area contributed by atoms with Crippen molar-refractivity contribution in [3.8, 4) is 0 Å². The van der Waals surface area contributed by atoms with Crippen LogP contribution in [0.5, 0.6) is 0 Å². The first kappa shape index (κ1) is 15.2. The molecule has 1 aromatic heterocycles. The Labute approximate surface area is 137 Å². The molecule has 0 radical (unpaired) electrons. The van der Waals surface area contributed by atoms with Crippen LogP contribution in [0.2, 0.25) is 10.0 Å². The van der Waals surface area contributed by atoms with Gasteiger partial charge >= 0.3 is 0 Å². The van der Waals surface area contributed by atoms with Gasteiger partial charge in [-0.3, -0.25) is 4.79 Å². The second-order valence-corrected chi connectivity index (χ2v) is 6.62. The molecule has 1 aliphatic heterocycles. The number of nitrogens with zero attached hydrogens (tertiary/aromatic N) is 4. The normalized spacial score (nSPS) is 14.8. The van der Waals surface area contributed by atoms with Crippen LogP contribution >= 0.6 is 23.2 Å². The first-order valence-corrected chi connectivity index (χ1v) is 7.66. The Hall–Kier alpha value is -1.66. The Kier molecular flexibility index (Phi) is 3.82. The number of H-pyrrole nitrogens is 1. The summed E-state index contributed by atoms with van der Waals surface area (Å²) >= 11 is 12.4. The second-order valence-electron chi connectivity index (χ2n) is 5.84. The van der Waals surface area contributed by atoms with E-state index in [-0.39, 0.29) is 5.91 Å². The summed E-state index contributed by atoms with van der Waals surface area (Å²) in [5, 5.41) is 14.8. The van der Waals surface area contributed by atoms with E-state index in [9.17, 15) is 4.79 Å². The molecule has 22 heavy (non-hydrogen) atoms. The summed E-state index contributed by atoms with van der Waals surface area (Å²) < 4.78 is 0. The first-order valence-electron chi connectivity index (χ1n) is 6.90. The van der Waals surface area contributed by atoms with Crippen molar-refractivity contribution < 1.29 is 4.79 Å². The molecule has 1 aliphatic rings. The summed E-state index contributed by atoms with van der Waals surface area (Å²) in [5.41, 5.74) is 1.20. The quantitative estimate of drug-likeness (QED) is 0.911. The summed E-state index contributed by atoms with van der Waals surface area (Å²) in [6.45, 7) is 4.64. The highest BCUT2D eigenvalue weighted by Gasteiger charge is 2.38. The molecular weight excluding hydrogens is 325 g/mol. The average molecular weight is 340 g/mol. The zero-order valence-corrected chi connectivity index (χ0v) is 13.7. The van der Waals surface area contributed by atoms with Crippen molar-refractivity contribution in [2.45, 2.75) is 32.2 Å². The van der Waals surface area contributed by atoms with E-state index < -0.39 is 5.41 Å². The number of hydrogen-bond donors (Lipinski definition) is 1. The van der Waals surface area contributed by atoms with E-state index in [0.717, 1.165) is 17.5 Å². The third-order valence-corrected chi connectivity index (χ3v) is 4.86. The van der Waals surface area contributed by atoms with Gasteiger partial charge in [0.1, 0.15) is 5.41 Å². The second kappa shape index (κ2) is 5.52. The maximum absolute atomic E-state index is 12.9. The number of nitrogens with one attached hydrogen (secondary N) is 1. The number of amides is 1. The van der Waals surface area contributed by atoms with Gasteiger partial charge in [-0.05, 0) is 37.5 Å². The van der Waals surface area contributed by atoms with Crippen LogP contribution in [-0.4, -0.2) is 38.0 Å². The van der Waals surface area contributed by atoms with Crippen molar-refractivity contribution >= 4 is 29.1 Å². The van der Waals surface area contributed by atoms with Gasteiger partial charge in [0.25, 0.3) is 0 Å². The minimum Gasteiger partial charge on any atom is -0.337 e. The van der Waals surface area contributed by atoms with E-state index in [1.165, 1.54) is 0 Å². The molecule has 116 valence electrons. The number of halogens is 2. The molecule has 2 heterocycles. The van der Waals surface area contributed by atoms with Gasteiger partial charge in [-0.1, -0.05) is 34.5 Å². The lowest BCUT2D eigenvalue weighted by atomic mass is 9.89. The van der Waals surface area contributed by atoms with Crippen molar-refractivity contribution in [2.75, 3.05) is 6.54 Å². The molecule has 3 rings (SSSR count). The Morgan fingerprint density at radius 2 is 2.14 bits per heavy atom.